The summed E-state index contributed by atoms with van der Waals surface area (Å²) in [7, 11) is 0. The largest absolute Gasteiger partial charge is 0.479 e. The van der Waals surface area contributed by atoms with Crippen molar-refractivity contribution in [1.29, 1.82) is 0 Å². The smallest absolute Gasteiger partial charge is 0.206 e. The Hall–Kier alpha value is -1.57. The minimum atomic E-state index is -0.813. The van der Waals surface area contributed by atoms with Gasteiger partial charge in [0.1, 0.15) is 5.76 Å². The van der Waals surface area contributed by atoms with Crippen molar-refractivity contribution in [3.05, 3.63) is 47.7 Å². The SMILES string of the molecule is CCC1=CC(=O)C(C)(c2ccccc2)O1. The maximum absolute atomic E-state index is 11.9. The Morgan fingerprint density at radius 2 is 1.93 bits per heavy atom. The van der Waals surface area contributed by atoms with Gasteiger partial charge in [-0.05, 0) is 6.92 Å². The van der Waals surface area contributed by atoms with Crippen LogP contribution in [0.4, 0.5) is 0 Å². The molecule has 78 valence electrons. The lowest BCUT2D eigenvalue weighted by Crippen LogP contribution is -2.29. The highest BCUT2D eigenvalue weighted by Crippen LogP contribution is 2.35. The van der Waals surface area contributed by atoms with Gasteiger partial charge in [-0.2, -0.15) is 0 Å². The van der Waals surface area contributed by atoms with Gasteiger partial charge < -0.3 is 4.74 Å². The van der Waals surface area contributed by atoms with Crippen molar-refractivity contribution >= 4 is 5.78 Å². The van der Waals surface area contributed by atoms with E-state index in [9.17, 15) is 4.79 Å². The van der Waals surface area contributed by atoms with Crippen LogP contribution in [-0.4, -0.2) is 5.78 Å². The molecular weight excluding hydrogens is 188 g/mol. The zero-order valence-electron chi connectivity index (χ0n) is 8.99. The standard InChI is InChI=1S/C13H14O2/c1-3-11-9-12(14)13(2,15-11)10-7-5-4-6-8-10/h4-9H,3H2,1-2H3. The molecular formula is C13H14O2. The molecule has 2 rings (SSSR count). The summed E-state index contributed by atoms with van der Waals surface area (Å²) >= 11 is 0. The number of carbonyl (C=O) groups is 1. The molecule has 1 atom stereocenters. The molecule has 0 bridgehead atoms. The first-order chi connectivity index (χ1) is 7.16. The molecule has 0 aromatic heterocycles. The first-order valence-electron chi connectivity index (χ1n) is 5.16. The molecule has 0 radical (unpaired) electrons. The summed E-state index contributed by atoms with van der Waals surface area (Å²) in [6.07, 6.45) is 2.36. The van der Waals surface area contributed by atoms with E-state index >= 15 is 0 Å². The molecule has 0 fully saturated rings. The van der Waals surface area contributed by atoms with Crippen molar-refractivity contribution < 1.29 is 9.53 Å². The summed E-state index contributed by atoms with van der Waals surface area (Å²) in [5, 5.41) is 0. The van der Waals surface area contributed by atoms with E-state index in [4.69, 9.17) is 4.74 Å². The third kappa shape index (κ3) is 1.56. The maximum Gasteiger partial charge on any atom is 0.206 e. The second-order valence-corrected chi connectivity index (χ2v) is 3.83. The highest BCUT2D eigenvalue weighted by Gasteiger charge is 2.40. The number of ether oxygens (including phenoxy) is 1. The lowest BCUT2D eigenvalue weighted by molar-refractivity contribution is -0.129. The lowest BCUT2D eigenvalue weighted by Gasteiger charge is -2.24. The van der Waals surface area contributed by atoms with E-state index in [2.05, 4.69) is 0 Å². The summed E-state index contributed by atoms with van der Waals surface area (Å²) in [6, 6.07) is 9.61. The fourth-order valence-electron chi connectivity index (χ4n) is 1.76. The van der Waals surface area contributed by atoms with Gasteiger partial charge in [0.15, 0.2) is 5.60 Å². The normalized spacial score (nSPS) is 24.9. The third-order valence-corrected chi connectivity index (χ3v) is 2.77. The van der Waals surface area contributed by atoms with Crippen LogP contribution >= 0.6 is 0 Å². The molecule has 1 aromatic rings. The Kier molecular flexibility index (Phi) is 2.35. The molecule has 15 heavy (non-hydrogen) atoms. The van der Waals surface area contributed by atoms with E-state index < -0.39 is 5.60 Å². The van der Waals surface area contributed by atoms with Crippen molar-refractivity contribution in [1.82, 2.24) is 0 Å². The number of ketones is 1. The van der Waals surface area contributed by atoms with Gasteiger partial charge in [-0.15, -0.1) is 0 Å². The predicted octanol–water partition coefficient (Wildman–Crippen LogP) is 2.80. The van der Waals surface area contributed by atoms with Gasteiger partial charge in [-0.1, -0.05) is 37.3 Å². The van der Waals surface area contributed by atoms with Crippen LogP contribution in [0.5, 0.6) is 0 Å². The zero-order chi connectivity index (χ0) is 10.9. The average molecular weight is 202 g/mol. The Balaban J connectivity index is 2.35. The minimum absolute atomic E-state index is 0.0329. The zero-order valence-corrected chi connectivity index (χ0v) is 8.99. The highest BCUT2D eigenvalue weighted by molar-refractivity contribution is 5.99. The molecule has 1 aliphatic rings. The van der Waals surface area contributed by atoms with Gasteiger partial charge in [-0.25, -0.2) is 0 Å². The van der Waals surface area contributed by atoms with Crippen molar-refractivity contribution in [2.24, 2.45) is 0 Å². The van der Waals surface area contributed by atoms with Crippen molar-refractivity contribution in [2.45, 2.75) is 25.9 Å². The molecule has 1 heterocycles. The van der Waals surface area contributed by atoms with E-state index in [0.29, 0.717) is 0 Å². The molecule has 2 heteroatoms. The number of rotatable bonds is 2. The molecule has 1 aliphatic heterocycles. The summed E-state index contributed by atoms with van der Waals surface area (Å²) in [5.41, 5.74) is 0.0989. The Morgan fingerprint density at radius 3 is 2.47 bits per heavy atom. The van der Waals surface area contributed by atoms with Crippen LogP contribution in [0.1, 0.15) is 25.8 Å². The van der Waals surface area contributed by atoms with Gasteiger partial charge in [0, 0.05) is 18.1 Å². The fourth-order valence-corrected chi connectivity index (χ4v) is 1.76. The number of carbonyl (C=O) groups excluding carboxylic acids is 1. The van der Waals surface area contributed by atoms with Crippen LogP contribution < -0.4 is 0 Å². The molecule has 1 unspecified atom stereocenters. The summed E-state index contributed by atoms with van der Waals surface area (Å²) in [4.78, 5) is 11.9. The van der Waals surface area contributed by atoms with E-state index in [1.165, 1.54) is 0 Å². The molecule has 1 aromatic carbocycles. The van der Waals surface area contributed by atoms with E-state index in [0.717, 1.165) is 17.7 Å². The summed E-state index contributed by atoms with van der Waals surface area (Å²) < 4.78 is 5.71. The maximum atomic E-state index is 11.9. The van der Waals surface area contributed by atoms with Crippen molar-refractivity contribution in [3.63, 3.8) is 0 Å². The molecule has 0 saturated heterocycles. The summed E-state index contributed by atoms with van der Waals surface area (Å²) in [6.45, 7) is 3.81. The number of allylic oxidation sites excluding steroid dienone is 1. The minimum Gasteiger partial charge on any atom is -0.479 e. The Morgan fingerprint density at radius 1 is 1.27 bits per heavy atom. The number of benzene rings is 1. The highest BCUT2D eigenvalue weighted by atomic mass is 16.5. The fraction of sp³-hybridized carbons (Fsp3) is 0.308. The Bertz CT molecular complexity index is 406. The van der Waals surface area contributed by atoms with Gasteiger partial charge in [-0.3, -0.25) is 4.79 Å². The third-order valence-electron chi connectivity index (χ3n) is 2.77. The van der Waals surface area contributed by atoms with Crippen LogP contribution in [0.2, 0.25) is 0 Å². The first kappa shape index (κ1) is 9.97. The van der Waals surface area contributed by atoms with Crippen molar-refractivity contribution in [2.75, 3.05) is 0 Å². The first-order valence-corrected chi connectivity index (χ1v) is 5.16. The summed E-state index contributed by atoms with van der Waals surface area (Å²) in [5.74, 6) is 0.803. The van der Waals surface area contributed by atoms with Gasteiger partial charge in [0.05, 0.1) is 0 Å². The second kappa shape index (κ2) is 3.54. The quantitative estimate of drug-likeness (QED) is 0.737. The van der Waals surface area contributed by atoms with Gasteiger partial charge in [0.2, 0.25) is 5.78 Å². The van der Waals surface area contributed by atoms with Crippen molar-refractivity contribution in [3.8, 4) is 0 Å². The molecule has 0 aliphatic carbocycles. The van der Waals surface area contributed by atoms with Crippen LogP contribution in [-0.2, 0) is 15.1 Å². The van der Waals surface area contributed by atoms with Crippen LogP contribution in [0, 0.1) is 0 Å². The average Bonchev–Trinajstić information content (AvgIpc) is 2.57. The van der Waals surface area contributed by atoms with E-state index in [1.807, 2.05) is 44.2 Å². The van der Waals surface area contributed by atoms with E-state index in [1.54, 1.807) is 6.08 Å². The molecule has 2 nitrogen and oxygen atoms in total. The Labute approximate surface area is 89.6 Å². The monoisotopic (exact) mass is 202 g/mol. The topological polar surface area (TPSA) is 26.3 Å². The van der Waals surface area contributed by atoms with Gasteiger partial charge >= 0.3 is 0 Å². The molecule has 0 spiro atoms. The predicted molar refractivity (Wildman–Crippen MR) is 58.3 cm³/mol. The van der Waals surface area contributed by atoms with Crippen LogP contribution in [0.3, 0.4) is 0 Å². The lowest BCUT2D eigenvalue weighted by atomic mass is 9.92. The van der Waals surface area contributed by atoms with Crippen LogP contribution in [0.15, 0.2) is 42.2 Å². The number of hydrogen-bond donors (Lipinski definition) is 0. The number of hydrogen-bond acceptors (Lipinski definition) is 2. The second-order valence-electron chi connectivity index (χ2n) is 3.83. The molecule has 0 amide bonds. The van der Waals surface area contributed by atoms with Gasteiger partial charge in [0.25, 0.3) is 0 Å². The molecule has 0 N–H and O–H groups in total. The molecule has 0 saturated carbocycles. The van der Waals surface area contributed by atoms with E-state index in [-0.39, 0.29) is 5.78 Å². The van der Waals surface area contributed by atoms with Crippen LogP contribution in [0.25, 0.3) is 0 Å².